The number of ether oxygens (including phenoxy) is 2. The lowest BCUT2D eigenvalue weighted by Gasteiger charge is -2.09. The molecule has 1 amide bonds. The average Bonchev–Trinajstić information content (AvgIpc) is 3.36. The number of methoxy groups -OCH3 is 1. The van der Waals surface area contributed by atoms with Crippen LogP contribution in [0, 0.1) is 34.0 Å². The minimum absolute atomic E-state index is 0.0211. The number of nitrogens with zero attached hydrogens (tertiary/aromatic N) is 5. The molecule has 154 valence electrons. The molecule has 3 aromatic rings. The van der Waals surface area contributed by atoms with Crippen LogP contribution < -0.4 is 15.2 Å². The third-order valence-electron chi connectivity index (χ3n) is 5.39. The molecule has 0 radical (unpaired) electrons. The molecular weight excluding hydrogens is 400 g/mol. The highest BCUT2D eigenvalue weighted by Crippen LogP contribution is 2.55. The number of rotatable bonds is 6. The number of benzene rings is 1. The van der Waals surface area contributed by atoms with Gasteiger partial charge in [-0.15, -0.1) is 5.10 Å². The van der Waals surface area contributed by atoms with Crippen molar-refractivity contribution >= 4 is 17.5 Å². The molecule has 31 heavy (non-hydrogen) atoms. The lowest BCUT2D eigenvalue weighted by molar-refractivity contribution is -0.146. The predicted octanol–water partition coefficient (Wildman–Crippen LogP) is 1.59. The second-order valence-electron chi connectivity index (χ2n) is 7.09. The summed E-state index contributed by atoms with van der Waals surface area (Å²) in [5.74, 6) is -1.80. The highest BCUT2D eigenvalue weighted by atomic mass is 16.6. The summed E-state index contributed by atoms with van der Waals surface area (Å²) in [6.07, 6.45) is 0.176. The molecule has 10 heteroatoms. The number of nitriles is 2. The summed E-state index contributed by atoms with van der Waals surface area (Å²) in [6, 6.07) is 14.0. The molecule has 2 heterocycles. The molecule has 0 saturated heterocycles. The van der Waals surface area contributed by atoms with E-state index in [1.165, 1.54) is 11.6 Å². The third-order valence-corrected chi connectivity index (χ3v) is 5.39. The number of aromatic nitrogens is 3. The van der Waals surface area contributed by atoms with Crippen molar-refractivity contribution in [1.29, 1.82) is 10.5 Å². The van der Waals surface area contributed by atoms with E-state index >= 15 is 0 Å². The number of fused-ring (bicyclic) bond motifs is 1. The van der Waals surface area contributed by atoms with Gasteiger partial charge in [-0.3, -0.25) is 9.59 Å². The van der Waals surface area contributed by atoms with E-state index in [-0.39, 0.29) is 18.9 Å². The van der Waals surface area contributed by atoms with Gasteiger partial charge < -0.3 is 15.2 Å². The van der Waals surface area contributed by atoms with Gasteiger partial charge in [0.15, 0.2) is 11.2 Å². The lowest BCUT2D eigenvalue weighted by atomic mass is 10.0. The quantitative estimate of drug-likeness (QED) is 0.469. The highest BCUT2D eigenvalue weighted by Gasteiger charge is 2.66. The number of amides is 1. The summed E-state index contributed by atoms with van der Waals surface area (Å²) < 4.78 is 12.1. The average molecular weight is 416 g/mol. The van der Waals surface area contributed by atoms with E-state index in [0.717, 1.165) is 5.56 Å². The SMILES string of the molecule is COc1ccc(-c2ccc(C#N)cc2)n2nc(OC(=O)C3(C(N)=O)CC3CC#N)nc12. The van der Waals surface area contributed by atoms with E-state index in [4.69, 9.17) is 25.7 Å². The van der Waals surface area contributed by atoms with Gasteiger partial charge in [0.1, 0.15) is 0 Å². The van der Waals surface area contributed by atoms with Gasteiger partial charge in [-0.25, -0.2) is 4.52 Å². The molecule has 2 N–H and O–H groups in total. The van der Waals surface area contributed by atoms with Crippen molar-refractivity contribution in [3.8, 4) is 35.2 Å². The van der Waals surface area contributed by atoms with E-state index in [2.05, 4.69) is 16.2 Å². The molecule has 0 aliphatic heterocycles. The van der Waals surface area contributed by atoms with Crippen molar-refractivity contribution in [3.63, 3.8) is 0 Å². The molecule has 4 rings (SSSR count). The van der Waals surface area contributed by atoms with Crippen LogP contribution in [-0.2, 0) is 9.59 Å². The Labute approximate surface area is 176 Å². The maximum atomic E-state index is 12.7. The van der Waals surface area contributed by atoms with Crippen molar-refractivity contribution in [2.75, 3.05) is 7.11 Å². The van der Waals surface area contributed by atoms with Crippen LogP contribution >= 0.6 is 0 Å². The van der Waals surface area contributed by atoms with E-state index in [1.807, 2.05) is 6.07 Å². The number of primary amides is 1. The van der Waals surface area contributed by atoms with Crippen LogP contribution in [0.25, 0.3) is 16.9 Å². The molecule has 1 saturated carbocycles. The lowest BCUT2D eigenvalue weighted by Crippen LogP contribution is -2.37. The van der Waals surface area contributed by atoms with E-state index < -0.39 is 23.2 Å². The number of nitrogens with two attached hydrogens (primary N) is 1. The van der Waals surface area contributed by atoms with Gasteiger partial charge in [0.2, 0.25) is 11.6 Å². The van der Waals surface area contributed by atoms with E-state index in [0.29, 0.717) is 22.7 Å². The Bertz CT molecular complexity index is 1280. The Morgan fingerprint density at radius 1 is 1.26 bits per heavy atom. The standard InChI is InChI=1S/C21H16N6O4/c1-30-16-7-6-15(13-4-2-12(11-23)3-5-13)27-17(16)25-20(26-27)31-19(29)21(18(24)28)10-14(21)8-9-22/h2-7,14H,8,10H2,1H3,(H2,24,28). The molecular formula is C21H16N6O4. The van der Waals surface area contributed by atoms with Crippen molar-refractivity contribution in [3.05, 3.63) is 42.0 Å². The minimum Gasteiger partial charge on any atom is -0.493 e. The fourth-order valence-corrected chi connectivity index (χ4v) is 3.57. The normalized spacial score (nSPS) is 19.3. The van der Waals surface area contributed by atoms with Crippen LogP contribution in [0.15, 0.2) is 36.4 Å². The summed E-state index contributed by atoms with van der Waals surface area (Å²) in [6.45, 7) is 0. The Balaban J connectivity index is 1.72. The molecule has 2 atom stereocenters. The van der Waals surface area contributed by atoms with Gasteiger partial charge in [-0.05, 0) is 36.6 Å². The van der Waals surface area contributed by atoms with E-state index in [1.54, 1.807) is 36.4 Å². The Morgan fingerprint density at radius 3 is 2.61 bits per heavy atom. The molecule has 1 aliphatic rings. The first kappa shape index (κ1) is 19.9. The fourth-order valence-electron chi connectivity index (χ4n) is 3.57. The van der Waals surface area contributed by atoms with Crippen molar-refractivity contribution in [2.24, 2.45) is 17.1 Å². The Hall–Kier alpha value is -4.44. The molecule has 0 spiro atoms. The molecule has 0 bridgehead atoms. The van der Waals surface area contributed by atoms with Crippen LogP contribution in [0.4, 0.5) is 0 Å². The largest absolute Gasteiger partial charge is 0.493 e. The molecule has 10 nitrogen and oxygen atoms in total. The number of carbonyl (C=O) groups is 2. The molecule has 1 aromatic carbocycles. The van der Waals surface area contributed by atoms with Crippen LogP contribution in [0.1, 0.15) is 18.4 Å². The van der Waals surface area contributed by atoms with Crippen LogP contribution in [0.3, 0.4) is 0 Å². The molecule has 1 aliphatic carbocycles. The Morgan fingerprint density at radius 2 is 2.00 bits per heavy atom. The highest BCUT2D eigenvalue weighted by molar-refractivity contribution is 6.06. The van der Waals surface area contributed by atoms with Gasteiger partial charge in [0.05, 0.1) is 30.5 Å². The fraction of sp³-hybridized carbons (Fsp3) is 0.238. The monoisotopic (exact) mass is 416 g/mol. The minimum atomic E-state index is -1.53. The maximum Gasteiger partial charge on any atom is 0.344 e. The van der Waals surface area contributed by atoms with Gasteiger partial charge in [0.25, 0.3) is 0 Å². The maximum absolute atomic E-state index is 12.7. The van der Waals surface area contributed by atoms with Gasteiger partial charge in [-0.2, -0.15) is 15.5 Å². The summed E-state index contributed by atoms with van der Waals surface area (Å²) >= 11 is 0. The first-order valence-electron chi connectivity index (χ1n) is 9.28. The van der Waals surface area contributed by atoms with Crippen LogP contribution in [-0.4, -0.2) is 33.6 Å². The Kier molecular flexibility index (Phi) is 4.76. The van der Waals surface area contributed by atoms with Crippen LogP contribution in [0.5, 0.6) is 11.8 Å². The second kappa shape index (κ2) is 7.43. The van der Waals surface area contributed by atoms with Crippen molar-refractivity contribution in [2.45, 2.75) is 12.8 Å². The topological polar surface area (TPSA) is 156 Å². The molecule has 2 aromatic heterocycles. The second-order valence-corrected chi connectivity index (χ2v) is 7.09. The molecule has 2 unspecified atom stereocenters. The number of hydrogen-bond acceptors (Lipinski definition) is 8. The van der Waals surface area contributed by atoms with Crippen molar-refractivity contribution < 1.29 is 19.1 Å². The predicted molar refractivity (Wildman–Crippen MR) is 105 cm³/mol. The summed E-state index contributed by atoms with van der Waals surface area (Å²) in [5, 5.41) is 22.1. The van der Waals surface area contributed by atoms with Crippen molar-refractivity contribution in [1.82, 2.24) is 14.6 Å². The third kappa shape index (κ3) is 3.20. The summed E-state index contributed by atoms with van der Waals surface area (Å²) in [4.78, 5) is 28.8. The summed E-state index contributed by atoms with van der Waals surface area (Å²) in [7, 11) is 1.47. The van der Waals surface area contributed by atoms with Gasteiger partial charge in [0, 0.05) is 12.0 Å². The van der Waals surface area contributed by atoms with Gasteiger partial charge in [-0.1, -0.05) is 12.1 Å². The number of pyridine rings is 1. The number of esters is 1. The zero-order chi connectivity index (χ0) is 22.2. The number of carbonyl (C=O) groups excluding carboxylic acids is 2. The first-order chi connectivity index (χ1) is 14.9. The zero-order valence-corrected chi connectivity index (χ0v) is 16.4. The first-order valence-corrected chi connectivity index (χ1v) is 9.28. The zero-order valence-electron chi connectivity index (χ0n) is 16.4. The van der Waals surface area contributed by atoms with E-state index in [9.17, 15) is 9.59 Å². The smallest absolute Gasteiger partial charge is 0.344 e. The summed E-state index contributed by atoms with van der Waals surface area (Å²) in [5.41, 5.74) is 6.05. The number of hydrogen-bond donors (Lipinski definition) is 1. The van der Waals surface area contributed by atoms with Crippen LogP contribution in [0.2, 0.25) is 0 Å². The van der Waals surface area contributed by atoms with Gasteiger partial charge >= 0.3 is 12.0 Å². The molecule has 1 fully saturated rings.